The van der Waals surface area contributed by atoms with Gasteiger partial charge in [-0.2, -0.15) is 0 Å². The minimum Gasteiger partial charge on any atom is -0.487 e. The summed E-state index contributed by atoms with van der Waals surface area (Å²) in [7, 11) is 0. The third-order valence-electron chi connectivity index (χ3n) is 3.31. The van der Waals surface area contributed by atoms with Crippen molar-refractivity contribution in [2.24, 2.45) is 5.73 Å². The lowest BCUT2D eigenvalue weighted by molar-refractivity contribution is -0.119. The van der Waals surface area contributed by atoms with Crippen LogP contribution >= 0.6 is 0 Å². The lowest BCUT2D eigenvalue weighted by Gasteiger charge is -2.34. The van der Waals surface area contributed by atoms with Crippen LogP contribution < -0.4 is 20.7 Å². The van der Waals surface area contributed by atoms with E-state index < -0.39 is 0 Å². The lowest BCUT2D eigenvalue weighted by atomic mass is 10.1. The summed E-state index contributed by atoms with van der Waals surface area (Å²) in [6.07, 6.45) is 1.01. The summed E-state index contributed by atoms with van der Waals surface area (Å²) in [5, 5.41) is 2.91. The van der Waals surface area contributed by atoms with Gasteiger partial charge in [-0.1, -0.05) is 13.0 Å². The van der Waals surface area contributed by atoms with Gasteiger partial charge in [-0.05, 0) is 31.0 Å². The number of carbonyl (C=O) groups excluding carboxylic acids is 1. The zero-order valence-corrected chi connectivity index (χ0v) is 12.2. The highest BCUT2D eigenvalue weighted by atomic mass is 16.5. The van der Waals surface area contributed by atoms with Gasteiger partial charge in [0.25, 0.3) is 0 Å². The summed E-state index contributed by atoms with van der Waals surface area (Å²) in [6, 6.07) is 5.92. The van der Waals surface area contributed by atoms with E-state index in [1.165, 1.54) is 0 Å². The molecule has 5 heteroatoms. The van der Waals surface area contributed by atoms with Crippen molar-refractivity contribution in [3.8, 4) is 5.75 Å². The summed E-state index contributed by atoms with van der Waals surface area (Å²) in [4.78, 5) is 14.0. The van der Waals surface area contributed by atoms with E-state index in [2.05, 4.69) is 10.2 Å². The number of nitrogens with two attached hydrogens (primary N) is 1. The Morgan fingerprint density at radius 1 is 1.55 bits per heavy atom. The van der Waals surface area contributed by atoms with Crippen molar-refractivity contribution in [1.29, 1.82) is 0 Å². The molecule has 1 aliphatic rings. The van der Waals surface area contributed by atoms with Gasteiger partial charge < -0.3 is 20.7 Å². The second kappa shape index (κ2) is 6.61. The van der Waals surface area contributed by atoms with Crippen molar-refractivity contribution in [2.75, 3.05) is 24.5 Å². The third kappa shape index (κ3) is 3.42. The molecule has 0 fully saturated rings. The van der Waals surface area contributed by atoms with Crippen molar-refractivity contribution >= 4 is 11.6 Å². The van der Waals surface area contributed by atoms with Crippen LogP contribution in [0, 0.1) is 0 Å². The van der Waals surface area contributed by atoms with Crippen LogP contribution in [0.1, 0.15) is 25.8 Å². The first-order valence-corrected chi connectivity index (χ1v) is 7.15. The fourth-order valence-electron chi connectivity index (χ4n) is 2.35. The van der Waals surface area contributed by atoms with Crippen LogP contribution in [0.5, 0.6) is 5.75 Å². The van der Waals surface area contributed by atoms with E-state index in [0.717, 1.165) is 30.0 Å². The largest absolute Gasteiger partial charge is 0.487 e. The van der Waals surface area contributed by atoms with Gasteiger partial charge >= 0.3 is 0 Å². The van der Waals surface area contributed by atoms with Crippen LogP contribution in [0.4, 0.5) is 5.69 Å². The van der Waals surface area contributed by atoms with Gasteiger partial charge in [-0.25, -0.2) is 0 Å². The number of anilines is 1. The number of nitrogens with zero attached hydrogens (tertiary/aromatic N) is 1. The Bertz CT molecular complexity index is 476. The van der Waals surface area contributed by atoms with Gasteiger partial charge in [-0.3, -0.25) is 4.79 Å². The molecule has 110 valence electrons. The zero-order valence-electron chi connectivity index (χ0n) is 12.2. The fourth-order valence-corrected chi connectivity index (χ4v) is 2.35. The summed E-state index contributed by atoms with van der Waals surface area (Å²) in [5.74, 6) is 0.866. The molecule has 0 saturated heterocycles. The maximum Gasteiger partial charge on any atom is 0.239 e. The lowest BCUT2D eigenvalue weighted by Crippen LogP contribution is -2.44. The molecule has 1 atom stereocenters. The molecule has 0 bridgehead atoms. The summed E-state index contributed by atoms with van der Waals surface area (Å²) < 4.78 is 5.84. The van der Waals surface area contributed by atoms with Gasteiger partial charge in [0, 0.05) is 13.1 Å². The monoisotopic (exact) mass is 277 g/mol. The average Bonchev–Trinajstić information content (AvgIpc) is 2.44. The summed E-state index contributed by atoms with van der Waals surface area (Å²) >= 11 is 0. The standard InChI is InChI=1S/C15H23N3O2/c1-3-6-17-15(19)10-18-9-11(2)20-14-7-12(8-16)4-5-13(14)18/h4-5,7,11H,3,6,8-10,16H2,1-2H3,(H,17,19). The first-order chi connectivity index (χ1) is 9.63. The van der Waals surface area contributed by atoms with Crippen molar-refractivity contribution in [3.05, 3.63) is 23.8 Å². The van der Waals surface area contributed by atoms with Crippen LogP contribution in [0.25, 0.3) is 0 Å². The van der Waals surface area contributed by atoms with E-state index >= 15 is 0 Å². The Labute approximate surface area is 120 Å². The Morgan fingerprint density at radius 2 is 2.35 bits per heavy atom. The molecule has 1 amide bonds. The highest BCUT2D eigenvalue weighted by Crippen LogP contribution is 2.34. The molecular weight excluding hydrogens is 254 g/mol. The van der Waals surface area contributed by atoms with Crippen LogP contribution in [0.15, 0.2) is 18.2 Å². The number of nitrogens with one attached hydrogen (secondary N) is 1. The first kappa shape index (κ1) is 14.7. The minimum absolute atomic E-state index is 0.0507. The van der Waals surface area contributed by atoms with Crippen molar-refractivity contribution in [1.82, 2.24) is 5.32 Å². The number of carbonyl (C=O) groups is 1. The normalized spacial score (nSPS) is 17.4. The molecule has 0 spiro atoms. The maximum atomic E-state index is 11.9. The smallest absolute Gasteiger partial charge is 0.239 e. The fraction of sp³-hybridized carbons (Fsp3) is 0.533. The van der Waals surface area contributed by atoms with Crippen molar-refractivity contribution in [2.45, 2.75) is 32.9 Å². The molecule has 0 radical (unpaired) electrons. The molecule has 0 aromatic heterocycles. The van der Waals surface area contributed by atoms with Crippen molar-refractivity contribution < 1.29 is 9.53 Å². The van der Waals surface area contributed by atoms with E-state index in [1.54, 1.807) is 0 Å². The predicted octanol–water partition coefficient (Wildman–Crippen LogP) is 1.26. The molecule has 2 rings (SSSR count). The number of benzene rings is 1. The first-order valence-electron chi connectivity index (χ1n) is 7.15. The number of rotatable bonds is 5. The van der Waals surface area contributed by atoms with E-state index in [4.69, 9.17) is 10.5 Å². The zero-order chi connectivity index (χ0) is 14.5. The second-order valence-corrected chi connectivity index (χ2v) is 5.17. The molecule has 1 unspecified atom stereocenters. The van der Waals surface area contributed by atoms with Gasteiger partial charge in [0.05, 0.1) is 18.8 Å². The number of hydrogen-bond donors (Lipinski definition) is 2. The highest BCUT2D eigenvalue weighted by Gasteiger charge is 2.24. The SMILES string of the molecule is CCCNC(=O)CN1CC(C)Oc2cc(CN)ccc21. The van der Waals surface area contributed by atoms with Gasteiger partial charge in [-0.15, -0.1) is 0 Å². The molecule has 1 heterocycles. The molecular formula is C15H23N3O2. The molecule has 1 aromatic carbocycles. The van der Waals surface area contributed by atoms with Gasteiger partial charge in [0.2, 0.25) is 5.91 Å². The molecule has 0 saturated carbocycles. The Kier molecular flexibility index (Phi) is 4.84. The van der Waals surface area contributed by atoms with Crippen LogP contribution in [0.3, 0.4) is 0 Å². The Balaban J connectivity index is 2.13. The van der Waals surface area contributed by atoms with E-state index in [0.29, 0.717) is 19.6 Å². The molecule has 1 aliphatic heterocycles. The van der Waals surface area contributed by atoms with Crippen LogP contribution in [-0.4, -0.2) is 31.6 Å². The Hall–Kier alpha value is -1.75. The van der Waals surface area contributed by atoms with Gasteiger partial charge in [0.15, 0.2) is 0 Å². The number of fused-ring (bicyclic) bond motifs is 1. The number of amides is 1. The van der Waals surface area contributed by atoms with E-state index in [-0.39, 0.29) is 12.0 Å². The Morgan fingerprint density at radius 3 is 3.05 bits per heavy atom. The predicted molar refractivity (Wildman–Crippen MR) is 79.9 cm³/mol. The highest BCUT2D eigenvalue weighted by molar-refractivity contribution is 5.82. The molecule has 0 aliphatic carbocycles. The van der Waals surface area contributed by atoms with Crippen molar-refractivity contribution in [3.63, 3.8) is 0 Å². The van der Waals surface area contributed by atoms with E-state index in [9.17, 15) is 4.79 Å². The van der Waals surface area contributed by atoms with Gasteiger partial charge in [0.1, 0.15) is 11.9 Å². The quantitative estimate of drug-likeness (QED) is 0.850. The second-order valence-electron chi connectivity index (χ2n) is 5.17. The average molecular weight is 277 g/mol. The minimum atomic E-state index is 0.0507. The van der Waals surface area contributed by atoms with E-state index in [1.807, 2.05) is 32.0 Å². The molecule has 1 aromatic rings. The summed E-state index contributed by atoms with van der Waals surface area (Å²) in [6.45, 7) is 6.34. The third-order valence-corrected chi connectivity index (χ3v) is 3.31. The molecule has 5 nitrogen and oxygen atoms in total. The van der Waals surface area contributed by atoms with Crippen LogP contribution in [0.2, 0.25) is 0 Å². The van der Waals surface area contributed by atoms with Crippen LogP contribution in [-0.2, 0) is 11.3 Å². The number of ether oxygens (including phenoxy) is 1. The maximum absolute atomic E-state index is 11.9. The summed E-state index contributed by atoms with van der Waals surface area (Å²) in [5.41, 5.74) is 7.65. The number of hydrogen-bond acceptors (Lipinski definition) is 4. The molecule has 20 heavy (non-hydrogen) atoms. The topological polar surface area (TPSA) is 67.6 Å². The molecule has 3 N–H and O–H groups in total.